The molecule has 0 spiro atoms. The number of nitrogens with zero attached hydrogens (tertiary/aromatic N) is 2. The molecule has 7 heteroatoms. The van der Waals surface area contributed by atoms with Crippen LogP contribution in [0.3, 0.4) is 0 Å². The van der Waals surface area contributed by atoms with E-state index in [1.807, 2.05) is 48.5 Å². The standard InChI is InChI=1S/C27H26ClN3O3/c28-21-13-14-23(22(16-21)26(29-17-25(32)33)20-10-5-2-6-11-20)30-27(34)24-12-7-15-31(24)18-19-8-3-1-4-9-19/h1-6,8-11,13-14,16,24H,7,12,15,17-18H2,(H,30,34)(H,32,33). The smallest absolute Gasteiger partial charge is 0.325 e. The molecule has 0 saturated carbocycles. The average molecular weight is 476 g/mol. The van der Waals surface area contributed by atoms with Gasteiger partial charge in [0.15, 0.2) is 0 Å². The van der Waals surface area contributed by atoms with Crippen LogP contribution in [0.2, 0.25) is 5.02 Å². The number of aliphatic carboxylic acids is 1. The molecule has 1 heterocycles. The lowest BCUT2D eigenvalue weighted by molar-refractivity contribution is -0.135. The van der Waals surface area contributed by atoms with E-state index in [2.05, 4.69) is 27.3 Å². The number of hydrogen-bond donors (Lipinski definition) is 2. The van der Waals surface area contributed by atoms with Crippen molar-refractivity contribution < 1.29 is 14.7 Å². The van der Waals surface area contributed by atoms with Crippen molar-refractivity contribution in [1.29, 1.82) is 0 Å². The van der Waals surface area contributed by atoms with Gasteiger partial charge in [-0.1, -0.05) is 72.3 Å². The Morgan fingerprint density at radius 1 is 1.03 bits per heavy atom. The van der Waals surface area contributed by atoms with Gasteiger partial charge in [-0.05, 0) is 43.1 Å². The van der Waals surface area contributed by atoms with E-state index in [1.54, 1.807) is 18.2 Å². The summed E-state index contributed by atoms with van der Waals surface area (Å²) in [6, 6.07) is 24.3. The Balaban J connectivity index is 1.62. The molecule has 1 amide bonds. The first-order valence-corrected chi connectivity index (χ1v) is 11.6. The van der Waals surface area contributed by atoms with Gasteiger partial charge in [-0.2, -0.15) is 0 Å². The molecule has 0 radical (unpaired) electrons. The van der Waals surface area contributed by atoms with Crippen molar-refractivity contribution in [3.05, 3.63) is 101 Å². The summed E-state index contributed by atoms with van der Waals surface area (Å²) in [6.45, 7) is 1.18. The third kappa shape index (κ3) is 5.90. The van der Waals surface area contributed by atoms with Crippen molar-refractivity contribution >= 4 is 34.9 Å². The van der Waals surface area contributed by atoms with Gasteiger partial charge in [-0.25, -0.2) is 0 Å². The summed E-state index contributed by atoms with van der Waals surface area (Å²) in [7, 11) is 0. The number of carbonyl (C=O) groups is 2. The SMILES string of the molecule is O=C(O)CN=C(c1ccccc1)c1cc(Cl)ccc1NC(=O)C1CCCN1Cc1ccccc1. The molecule has 3 aromatic carbocycles. The van der Waals surface area contributed by atoms with E-state index in [4.69, 9.17) is 11.6 Å². The normalized spacial score (nSPS) is 16.4. The molecule has 34 heavy (non-hydrogen) atoms. The third-order valence-corrected chi connectivity index (χ3v) is 6.04. The third-order valence-electron chi connectivity index (χ3n) is 5.81. The second-order valence-corrected chi connectivity index (χ2v) is 8.65. The number of amides is 1. The minimum Gasteiger partial charge on any atom is -0.480 e. The highest BCUT2D eigenvalue weighted by Gasteiger charge is 2.31. The maximum Gasteiger partial charge on any atom is 0.325 e. The highest BCUT2D eigenvalue weighted by atomic mass is 35.5. The number of carboxylic acid groups (broad SMARTS) is 1. The van der Waals surface area contributed by atoms with Crippen molar-refractivity contribution in [2.75, 3.05) is 18.4 Å². The molecule has 2 N–H and O–H groups in total. The zero-order chi connectivity index (χ0) is 23.9. The topological polar surface area (TPSA) is 82.0 Å². The van der Waals surface area contributed by atoms with E-state index in [-0.39, 0.29) is 11.9 Å². The summed E-state index contributed by atoms with van der Waals surface area (Å²) in [5.41, 5.74) is 3.51. The van der Waals surface area contributed by atoms with Crippen LogP contribution in [0.15, 0.2) is 83.9 Å². The van der Waals surface area contributed by atoms with Gasteiger partial charge in [0.2, 0.25) is 5.91 Å². The molecule has 3 aromatic rings. The van der Waals surface area contributed by atoms with Gasteiger partial charge in [0.05, 0.1) is 17.4 Å². The van der Waals surface area contributed by atoms with Crippen molar-refractivity contribution in [1.82, 2.24) is 4.90 Å². The second-order valence-electron chi connectivity index (χ2n) is 8.22. The molecule has 1 unspecified atom stereocenters. The summed E-state index contributed by atoms with van der Waals surface area (Å²) >= 11 is 6.30. The summed E-state index contributed by atoms with van der Waals surface area (Å²) < 4.78 is 0. The maximum atomic E-state index is 13.4. The van der Waals surface area contributed by atoms with Crippen molar-refractivity contribution in [3.63, 3.8) is 0 Å². The minimum absolute atomic E-state index is 0.0948. The number of nitrogens with one attached hydrogen (secondary N) is 1. The zero-order valence-corrected chi connectivity index (χ0v) is 19.4. The van der Waals surface area contributed by atoms with Crippen LogP contribution in [0.4, 0.5) is 5.69 Å². The first-order valence-electron chi connectivity index (χ1n) is 11.2. The van der Waals surface area contributed by atoms with Crippen LogP contribution in [0.25, 0.3) is 0 Å². The number of carboxylic acids is 1. The Morgan fingerprint density at radius 2 is 1.74 bits per heavy atom. The molecule has 1 saturated heterocycles. The first kappa shape index (κ1) is 23.7. The van der Waals surface area contributed by atoms with Crippen molar-refractivity contribution in [2.24, 2.45) is 4.99 Å². The molecule has 1 aliphatic rings. The number of halogens is 1. The Bertz CT molecular complexity index is 1180. The number of rotatable bonds is 8. The van der Waals surface area contributed by atoms with Crippen LogP contribution in [0.5, 0.6) is 0 Å². The Labute approximate surface area is 203 Å². The predicted molar refractivity (Wildman–Crippen MR) is 135 cm³/mol. The molecule has 1 atom stereocenters. The van der Waals surface area contributed by atoms with Crippen LogP contribution in [-0.2, 0) is 16.1 Å². The summed E-state index contributed by atoms with van der Waals surface area (Å²) in [5, 5.41) is 12.7. The fraction of sp³-hybridized carbons (Fsp3) is 0.222. The molecule has 4 rings (SSSR count). The van der Waals surface area contributed by atoms with E-state index < -0.39 is 12.5 Å². The minimum atomic E-state index is -1.04. The van der Waals surface area contributed by atoms with E-state index >= 15 is 0 Å². The maximum absolute atomic E-state index is 13.4. The quantitative estimate of drug-likeness (QED) is 0.455. The highest BCUT2D eigenvalue weighted by Crippen LogP contribution is 2.27. The van der Waals surface area contributed by atoms with Gasteiger partial charge < -0.3 is 10.4 Å². The first-order chi connectivity index (χ1) is 16.5. The predicted octanol–water partition coefficient (Wildman–Crippen LogP) is 4.87. The number of carbonyl (C=O) groups excluding carboxylic acids is 1. The molecule has 6 nitrogen and oxygen atoms in total. The van der Waals surface area contributed by atoms with E-state index in [1.165, 1.54) is 5.56 Å². The molecular weight excluding hydrogens is 450 g/mol. The molecule has 0 aromatic heterocycles. The number of anilines is 1. The summed E-state index contributed by atoms with van der Waals surface area (Å²) in [6.07, 6.45) is 1.73. The fourth-order valence-electron chi connectivity index (χ4n) is 4.24. The second kappa shape index (κ2) is 11.1. The Kier molecular flexibility index (Phi) is 7.72. The fourth-order valence-corrected chi connectivity index (χ4v) is 4.41. The Hall–Kier alpha value is -3.48. The number of hydrogen-bond acceptors (Lipinski definition) is 4. The van der Waals surface area contributed by atoms with Crippen LogP contribution in [-0.4, -0.2) is 46.7 Å². The van der Waals surface area contributed by atoms with Gasteiger partial charge in [0.25, 0.3) is 0 Å². The number of aliphatic imine (C=N–C) groups is 1. The van der Waals surface area contributed by atoms with E-state index in [0.29, 0.717) is 28.5 Å². The monoisotopic (exact) mass is 475 g/mol. The van der Waals surface area contributed by atoms with Gasteiger partial charge in [-0.15, -0.1) is 0 Å². The molecule has 1 fully saturated rings. The summed E-state index contributed by atoms with van der Waals surface area (Å²) in [5.74, 6) is -1.13. The lowest BCUT2D eigenvalue weighted by Crippen LogP contribution is -2.39. The van der Waals surface area contributed by atoms with Gasteiger partial charge in [-0.3, -0.25) is 19.5 Å². The van der Waals surface area contributed by atoms with Gasteiger partial charge >= 0.3 is 5.97 Å². The van der Waals surface area contributed by atoms with Gasteiger partial charge in [0, 0.05) is 22.7 Å². The van der Waals surface area contributed by atoms with Crippen LogP contribution in [0.1, 0.15) is 29.5 Å². The molecule has 0 aliphatic carbocycles. The zero-order valence-electron chi connectivity index (χ0n) is 18.7. The lowest BCUT2D eigenvalue weighted by Gasteiger charge is -2.24. The largest absolute Gasteiger partial charge is 0.480 e. The molecule has 1 aliphatic heterocycles. The molecular formula is C27H26ClN3O3. The number of likely N-dealkylation sites (tertiary alicyclic amines) is 1. The van der Waals surface area contributed by atoms with Crippen molar-refractivity contribution in [2.45, 2.75) is 25.4 Å². The van der Waals surface area contributed by atoms with Crippen LogP contribution >= 0.6 is 11.6 Å². The van der Waals surface area contributed by atoms with E-state index in [0.717, 1.165) is 24.9 Å². The summed E-state index contributed by atoms with van der Waals surface area (Å²) in [4.78, 5) is 31.1. The van der Waals surface area contributed by atoms with Crippen LogP contribution in [0, 0.1) is 0 Å². The highest BCUT2D eigenvalue weighted by molar-refractivity contribution is 6.31. The number of benzene rings is 3. The van der Waals surface area contributed by atoms with E-state index in [9.17, 15) is 14.7 Å². The van der Waals surface area contributed by atoms with Crippen LogP contribution < -0.4 is 5.32 Å². The molecule has 0 bridgehead atoms. The molecule has 174 valence electrons. The van der Waals surface area contributed by atoms with Crippen molar-refractivity contribution in [3.8, 4) is 0 Å². The average Bonchev–Trinajstić information content (AvgIpc) is 3.30. The lowest BCUT2D eigenvalue weighted by atomic mass is 10.00. The Morgan fingerprint density at radius 3 is 2.44 bits per heavy atom. The van der Waals surface area contributed by atoms with Gasteiger partial charge in [0.1, 0.15) is 6.54 Å².